The van der Waals surface area contributed by atoms with Gasteiger partial charge in [-0.05, 0) is 5.46 Å². The smallest absolute Gasteiger partial charge is 0.422 e. The van der Waals surface area contributed by atoms with Crippen molar-refractivity contribution in [3.63, 3.8) is 0 Å². The Morgan fingerprint density at radius 3 is 2.40 bits per heavy atom. The Hall–Kier alpha value is -0.505. The molecule has 0 aliphatic heterocycles. The van der Waals surface area contributed by atoms with Crippen LogP contribution in [0.4, 0.5) is 0 Å². The highest BCUT2D eigenvalue weighted by atomic mass is 35.5. The normalized spacial score (nSPS) is 9.40. The Balaban J connectivity index is 2.75. The molecule has 0 bridgehead atoms. The summed E-state index contributed by atoms with van der Waals surface area (Å²) in [5.74, 6) is 0. The predicted octanol–water partition coefficient (Wildman–Crippen LogP) is 0.544. The zero-order valence-electron chi connectivity index (χ0n) is 5.20. The van der Waals surface area contributed by atoms with Crippen molar-refractivity contribution in [3.05, 3.63) is 30.3 Å². The van der Waals surface area contributed by atoms with E-state index in [-0.39, 0.29) is 0 Å². The van der Waals surface area contributed by atoms with Gasteiger partial charge in [0.05, 0.1) is 0 Å². The molecule has 1 aromatic carbocycles. The zero-order chi connectivity index (χ0) is 7.40. The number of halogens is 1. The minimum Gasteiger partial charge on any atom is -0.422 e. The number of rotatable bonds is 2. The quantitative estimate of drug-likeness (QED) is 0.634. The fourth-order valence-corrected chi connectivity index (χ4v) is 0.772. The molecule has 0 saturated heterocycles. The van der Waals surface area contributed by atoms with E-state index in [0.29, 0.717) is 5.46 Å². The van der Waals surface area contributed by atoms with Crippen LogP contribution in [0.1, 0.15) is 0 Å². The van der Waals surface area contributed by atoms with E-state index in [9.17, 15) is 0 Å². The van der Waals surface area contributed by atoms with Crippen LogP contribution in [-0.4, -0.2) is 12.1 Å². The van der Waals surface area contributed by atoms with E-state index in [4.69, 9.17) is 16.9 Å². The Labute approximate surface area is 64.7 Å². The van der Waals surface area contributed by atoms with Crippen LogP contribution in [-0.2, 0) is 4.21 Å². The van der Waals surface area contributed by atoms with Crippen molar-refractivity contribution in [2.24, 2.45) is 0 Å². The molecule has 0 amide bonds. The zero-order valence-corrected chi connectivity index (χ0v) is 5.95. The largest absolute Gasteiger partial charge is 0.508 e. The van der Waals surface area contributed by atoms with Gasteiger partial charge in [-0.3, -0.25) is 0 Å². The van der Waals surface area contributed by atoms with Gasteiger partial charge < -0.3 is 9.23 Å². The van der Waals surface area contributed by atoms with Gasteiger partial charge in [-0.15, -0.1) is 0 Å². The molecule has 4 heteroatoms. The Morgan fingerprint density at radius 2 is 1.90 bits per heavy atom. The highest BCUT2D eigenvalue weighted by Crippen LogP contribution is 1.89. The van der Waals surface area contributed by atoms with Crippen molar-refractivity contribution < 1.29 is 9.23 Å². The molecule has 0 aromatic heterocycles. The summed E-state index contributed by atoms with van der Waals surface area (Å²) in [7, 11) is -1.03. The first-order chi connectivity index (χ1) is 4.84. The molecule has 0 fully saturated rings. The van der Waals surface area contributed by atoms with Crippen molar-refractivity contribution in [2.45, 2.75) is 0 Å². The predicted molar refractivity (Wildman–Crippen MR) is 41.0 cm³/mol. The molecular weight excluding hydrogens is 150 g/mol. The second-order valence-electron chi connectivity index (χ2n) is 1.85. The van der Waals surface area contributed by atoms with Crippen molar-refractivity contribution in [1.82, 2.24) is 0 Å². The van der Waals surface area contributed by atoms with Crippen LogP contribution in [0.5, 0.6) is 0 Å². The molecule has 0 spiro atoms. The first-order valence-corrected chi connectivity index (χ1v) is 3.16. The van der Waals surface area contributed by atoms with E-state index >= 15 is 0 Å². The van der Waals surface area contributed by atoms with Crippen LogP contribution in [0.25, 0.3) is 0 Å². The molecule has 1 rings (SSSR count). The second-order valence-corrected chi connectivity index (χ2v) is 2.03. The van der Waals surface area contributed by atoms with E-state index in [1.807, 2.05) is 6.07 Å². The third kappa shape index (κ3) is 1.74. The fraction of sp³-hybridized carbons (Fsp3) is 0. The molecule has 0 aliphatic rings. The van der Waals surface area contributed by atoms with Gasteiger partial charge >= 0.3 is 7.12 Å². The molecule has 0 saturated carbocycles. The maximum absolute atomic E-state index is 8.98. The van der Waals surface area contributed by atoms with Gasteiger partial charge in [-0.1, -0.05) is 30.3 Å². The summed E-state index contributed by atoms with van der Waals surface area (Å²) in [6.07, 6.45) is 0. The van der Waals surface area contributed by atoms with E-state index in [1.165, 1.54) is 0 Å². The first kappa shape index (κ1) is 7.60. The molecule has 0 atom stereocenters. The summed E-state index contributed by atoms with van der Waals surface area (Å²) < 4.78 is 4.16. The van der Waals surface area contributed by atoms with Crippen LogP contribution in [0.15, 0.2) is 30.3 Å². The lowest BCUT2D eigenvalue weighted by Gasteiger charge is -1.98. The van der Waals surface area contributed by atoms with Gasteiger partial charge in [-0.2, -0.15) is 0 Å². The van der Waals surface area contributed by atoms with Crippen LogP contribution in [0, 0.1) is 0 Å². The van der Waals surface area contributed by atoms with Crippen LogP contribution in [0.3, 0.4) is 0 Å². The molecule has 2 nitrogen and oxygen atoms in total. The molecule has 0 heterocycles. The summed E-state index contributed by atoms with van der Waals surface area (Å²) in [5.41, 5.74) is 0.650. The van der Waals surface area contributed by atoms with Gasteiger partial charge in [0.1, 0.15) is 0 Å². The molecule has 0 unspecified atom stereocenters. The lowest BCUT2D eigenvalue weighted by atomic mass is 9.81. The van der Waals surface area contributed by atoms with E-state index < -0.39 is 7.12 Å². The fourth-order valence-electron chi connectivity index (χ4n) is 0.669. The van der Waals surface area contributed by atoms with E-state index in [2.05, 4.69) is 4.21 Å². The lowest BCUT2D eigenvalue weighted by Crippen LogP contribution is -2.30. The summed E-state index contributed by atoms with van der Waals surface area (Å²) in [6.45, 7) is 0. The molecule has 0 aliphatic carbocycles. The summed E-state index contributed by atoms with van der Waals surface area (Å²) in [4.78, 5) is 0. The van der Waals surface area contributed by atoms with Crippen molar-refractivity contribution in [2.75, 3.05) is 0 Å². The topological polar surface area (TPSA) is 29.5 Å². The SMILES string of the molecule is OB(OCl)c1ccccc1. The van der Waals surface area contributed by atoms with Crippen LogP contribution in [0.2, 0.25) is 0 Å². The van der Waals surface area contributed by atoms with Crippen LogP contribution >= 0.6 is 11.9 Å². The van der Waals surface area contributed by atoms with Crippen LogP contribution < -0.4 is 5.46 Å². The minimum absolute atomic E-state index is 0.650. The third-order valence-corrected chi connectivity index (χ3v) is 1.34. The molecule has 10 heavy (non-hydrogen) atoms. The number of hydrogen-bond acceptors (Lipinski definition) is 2. The Morgan fingerprint density at radius 1 is 1.30 bits per heavy atom. The summed E-state index contributed by atoms with van der Waals surface area (Å²) in [6, 6.07) is 8.91. The molecule has 1 aromatic rings. The molecule has 52 valence electrons. The highest BCUT2D eigenvalue weighted by Gasteiger charge is 2.13. The number of hydrogen-bond donors (Lipinski definition) is 1. The average molecular weight is 156 g/mol. The summed E-state index contributed by atoms with van der Waals surface area (Å²) in [5, 5.41) is 8.98. The highest BCUT2D eigenvalue weighted by molar-refractivity contribution is 6.63. The van der Waals surface area contributed by atoms with Gasteiger partial charge in [0.2, 0.25) is 0 Å². The van der Waals surface area contributed by atoms with Gasteiger partial charge in [0.15, 0.2) is 0 Å². The molecule has 0 radical (unpaired) electrons. The van der Waals surface area contributed by atoms with Crippen molar-refractivity contribution in [3.8, 4) is 0 Å². The first-order valence-electron chi connectivity index (χ1n) is 2.85. The maximum atomic E-state index is 8.98. The van der Waals surface area contributed by atoms with Gasteiger partial charge in [0.25, 0.3) is 0 Å². The van der Waals surface area contributed by atoms with E-state index in [1.54, 1.807) is 24.3 Å². The lowest BCUT2D eigenvalue weighted by molar-refractivity contribution is 0.457. The van der Waals surface area contributed by atoms with Crippen molar-refractivity contribution in [1.29, 1.82) is 0 Å². The summed E-state index contributed by atoms with van der Waals surface area (Å²) >= 11 is 4.94. The minimum atomic E-state index is -1.03. The standard InChI is InChI=1S/C6H6BClO2/c8-10-7(9)6-4-2-1-3-5-6/h1-5,9H. The monoisotopic (exact) mass is 156 g/mol. The molecule has 1 N–H and O–H groups in total. The van der Waals surface area contributed by atoms with E-state index in [0.717, 1.165) is 0 Å². The molecular formula is C6H6BClO2. The van der Waals surface area contributed by atoms with Crippen molar-refractivity contribution >= 4 is 24.4 Å². The van der Waals surface area contributed by atoms with Gasteiger partial charge in [0, 0.05) is 11.9 Å². The average Bonchev–Trinajstić information content (AvgIpc) is 2.05. The Bertz CT molecular complexity index is 192. The second kappa shape index (κ2) is 3.61. The third-order valence-electron chi connectivity index (χ3n) is 1.17. The Kier molecular flexibility index (Phi) is 2.74. The number of benzene rings is 1. The van der Waals surface area contributed by atoms with Gasteiger partial charge in [-0.25, -0.2) is 0 Å². The maximum Gasteiger partial charge on any atom is 0.508 e.